The van der Waals surface area contributed by atoms with E-state index in [1.807, 2.05) is 30.3 Å². The molecular formula is C18H19FO2S. The molecule has 0 aromatic heterocycles. The zero-order valence-electron chi connectivity index (χ0n) is 12.4. The van der Waals surface area contributed by atoms with Crippen LogP contribution in [0.2, 0.25) is 0 Å². The van der Waals surface area contributed by atoms with Crippen LogP contribution in [0.4, 0.5) is 4.39 Å². The van der Waals surface area contributed by atoms with Gasteiger partial charge in [0, 0.05) is 12.8 Å². The molecule has 0 N–H and O–H groups in total. The second-order valence-corrected chi connectivity index (χ2v) is 5.62. The van der Waals surface area contributed by atoms with Gasteiger partial charge in [0.1, 0.15) is 11.9 Å². The highest BCUT2D eigenvalue weighted by atomic mass is 32.1. The van der Waals surface area contributed by atoms with Crippen molar-refractivity contribution in [1.29, 1.82) is 0 Å². The highest BCUT2D eigenvalue weighted by molar-refractivity contribution is 7.80. The summed E-state index contributed by atoms with van der Waals surface area (Å²) < 4.78 is 18.6. The van der Waals surface area contributed by atoms with E-state index in [1.54, 1.807) is 19.1 Å². The number of carbonyl (C=O) groups excluding carboxylic acids is 1. The van der Waals surface area contributed by atoms with Gasteiger partial charge < -0.3 is 4.74 Å². The second kappa shape index (κ2) is 7.99. The number of benzene rings is 2. The third-order valence-electron chi connectivity index (χ3n) is 3.41. The van der Waals surface area contributed by atoms with Crippen LogP contribution in [0.3, 0.4) is 0 Å². The molecule has 116 valence electrons. The SMILES string of the molecule is CCC(=O)OC(Cc1ccccc1)C(S)c1ccc(F)cc1. The van der Waals surface area contributed by atoms with E-state index < -0.39 is 6.10 Å². The second-order valence-electron chi connectivity index (χ2n) is 5.07. The van der Waals surface area contributed by atoms with Crippen molar-refractivity contribution in [2.24, 2.45) is 0 Å². The first-order chi connectivity index (χ1) is 10.6. The molecule has 0 radical (unpaired) electrons. The Hall–Kier alpha value is -1.81. The van der Waals surface area contributed by atoms with Crippen LogP contribution in [-0.2, 0) is 16.0 Å². The monoisotopic (exact) mass is 318 g/mol. The Morgan fingerprint density at radius 2 is 1.77 bits per heavy atom. The number of rotatable bonds is 6. The molecule has 2 rings (SSSR count). The predicted molar refractivity (Wildman–Crippen MR) is 88.4 cm³/mol. The summed E-state index contributed by atoms with van der Waals surface area (Å²) in [6, 6.07) is 15.9. The van der Waals surface area contributed by atoms with E-state index in [0.29, 0.717) is 12.8 Å². The van der Waals surface area contributed by atoms with E-state index in [0.717, 1.165) is 11.1 Å². The van der Waals surface area contributed by atoms with Crippen molar-refractivity contribution in [3.05, 3.63) is 71.5 Å². The summed E-state index contributed by atoms with van der Waals surface area (Å²) in [5.74, 6) is -0.559. The van der Waals surface area contributed by atoms with E-state index in [2.05, 4.69) is 12.6 Å². The summed E-state index contributed by atoms with van der Waals surface area (Å²) in [5, 5.41) is -0.309. The van der Waals surface area contributed by atoms with Crippen LogP contribution < -0.4 is 0 Å². The molecule has 2 aromatic rings. The number of thiol groups is 1. The summed E-state index contributed by atoms with van der Waals surface area (Å²) in [6.45, 7) is 1.76. The number of hydrogen-bond acceptors (Lipinski definition) is 3. The van der Waals surface area contributed by atoms with Gasteiger partial charge in [-0.2, -0.15) is 12.6 Å². The zero-order valence-corrected chi connectivity index (χ0v) is 13.3. The summed E-state index contributed by atoms with van der Waals surface area (Å²) >= 11 is 4.59. The maximum absolute atomic E-state index is 13.1. The van der Waals surface area contributed by atoms with Crippen LogP contribution in [0.25, 0.3) is 0 Å². The quantitative estimate of drug-likeness (QED) is 0.632. The number of ether oxygens (including phenoxy) is 1. The Morgan fingerprint density at radius 1 is 1.14 bits per heavy atom. The van der Waals surface area contributed by atoms with Crippen LogP contribution in [0, 0.1) is 5.82 Å². The molecule has 2 nitrogen and oxygen atoms in total. The predicted octanol–water partition coefficient (Wildman–Crippen LogP) is 4.36. The lowest BCUT2D eigenvalue weighted by molar-refractivity contribution is -0.148. The Bertz CT molecular complexity index is 598. The van der Waals surface area contributed by atoms with Crippen molar-refractivity contribution in [2.75, 3.05) is 0 Å². The molecule has 0 aliphatic heterocycles. The number of carbonyl (C=O) groups is 1. The van der Waals surface area contributed by atoms with E-state index in [1.165, 1.54) is 12.1 Å². The molecule has 2 atom stereocenters. The molecule has 0 saturated heterocycles. The molecule has 0 heterocycles. The van der Waals surface area contributed by atoms with Gasteiger partial charge in [0.2, 0.25) is 0 Å². The zero-order chi connectivity index (χ0) is 15.9. The minimum absolute atomic E-state index is 0.262. The molecule has 22 heavy (non-hydrogen) atoms. The van der Waals surface area contributed by atoms with Gasteiger partial charge in [-0.25, -0.2) is 4.39 Å². The molecule has 2 aromatic carbocycles. The maximum Gasteiger partial charge on any atom is 0.305 e. The molecule has 0 amide bonds. The van der Waals surface area contributed by atoms with Gasteiger partial charge in [0.25, 0.3) is 0 Å². The Morgan fingerprint density at radius 3 is 2.36 bits per heavy atom. The Labute approximate surface area is 135 Å². The van der Waals surface area contributed by atoms with Gasteiger partial charge >= 0.3 is 5.97 Å². The normalized spacial score (nSPS) is 13.4. The van der Waals surface area contributed by atoms with Gasteiger partial charge in [0.15, 0.2) is 0 Å². The van der Waals surface area contributed by atoms with Gasteiger partial charge in [-0.3, -0.25) is 4.79 Å². The van der Waals surface area contributed by atoms with Gasteiger partial charge in [-0.05, 0) is 23.3 Å². The highest BCUT2D eigenvalue weighted by Gasteiger charge is 2.24. The third-order valence-corrected chi connectivity index (χ3v) is 4.05. The number of halogens is 1. The van der Waals surface area contributed by atoms with Crippen molar-refractivity contribution < 1.29 is 13.9 Å². The molecule has 0 saturated carbocycles. The first-order valence-corrected chi connectivity index (χ1v) is 7.78. The van der Waals surface area contributed by atoms with Crippen LogP contribution in [0.1, 0.15) is 29.7 Å². The van der Waals surface area contributed by atoms with E-state index in [-0.39, 0.29) is 17.0 Å². The molecule has 0 aliphatic carbocycles. The summed E-state index contributed by atoms with van der Waals surface area (Å²) in [4.78, 5) is 11.7. The minimum Gasteiger partial charge on any atom is -0.460 e. The van der Waals surface area contributed by atoms with Crippen molar-refractivity contribution in [3.8, 4) is 0 Å². The smallest absolute Gasteiger partial charge is 0.305 e. The summed E-state index contributed by atoms with van der Waals surface area (Å²) in [6.07, 6.45) is 0.483. The first kappa shape index (κ1) is 16.6. The Balaban J connectivity index is 2.19. The first-order valence-electron chi connectivity index (χ1n) is 7.27. The van der Waals surface area contributed by atoms with Gasteiger partial charge in [0.05, 0.1) is 5.25 Å². The molecular weight excluding hydrogens is 299 g/mol. The average Bonchev–Trinajstić information content (AvgIpc) is 2.55. The van der Waals surface area contributed by atoms with Crippen molar-refractivity contribution in [3.63, 3.8) is 0 Å². The maximum atomic E-state index is 13.1. The highest BCUT2D eigenvalue weighted by Crippen LogP contribution is 2.29. The fourth-order valence-corrected chi connectivity index (χ4v) is 2.53. The summed E-state index contributed by atoms with van der Waals surface area (Å²) in [5.41, 5.74) is 1.90. The molecule has 4 heteroatoms. The van der Waals surface area contributed by atoms with Crippen LogP contribution >= 0.6 is 12.6 Å². The Kier molecular flexibility index (Phi) is 6.01. The lowest BCUT2D eigenvalue weighted by Gasteiger charge is -2.24. The van der Waals surface area contributed by atoms with Crippen LogP contribution in [0.15, 0.2) is 54.6 Å². The number of hydrogen-bond donors (Lipinski definition) is 1. The fourth-order valence-electron chi connectivity index (χ4n) is 2.19. The van der Waals surface area contributed by atoms with Crippen LogP contribution in [-0.4, -0.2) is 12.1 Å². The fraction of sp³-hybridized carbons (Fsp3) is 0.278. The average molecular weight is 318 g/mol. The van der Waals surface area contributed by atoms with Gasteiger partial charge in [-0.1, -0.05) is 49.4 Å². The summed E-state index contributed by atoms with van der Waals surface area (Å²) in [7, 11) is 0. The molecule has 0 fully saturated rings. The van der Waals surface area contributed by atoms with E-state index in [4.69, 9.17) is 4.74 Å². The largest absolute Gasteiger partial charge is 0.460 e. The standard InChI is InChI=1S/C18H19FO2S/c1-2-17(20)21-16(12-13-6-4-3-5-7-13)18(22)14-8-10-15(19)11-9-14/h3-11,16,18,22H,2,12H2,1H3. The molecule has 2 unspecified atom stereocenters. The van der Waals surface area contributed by atoms with E-state index in [9.17, 15) is 9.18 Å². The van der Waals surface area contributed by atoms with Gasteiger partial charge in [-0.15, -0.1) is 0 Å². The lowest BCUT2D eigenvalue weighted by atomic mass is 10.0. The topological polar surface area (TPSA) is 26.3 Å². The van der Waals surface area contributed by atoms with Crippen LogP contribution in [0.5, 0.6) is 0 Å². The number of esters is 1. The molecule has 0 spiro atoms. The minimum atomic E-state index is -0.399. The third kappa shape index (κ3) is 4.60. The van der Waals surface area contributed by atoms with Crippen molar-refractivity contribution >= 4 is 18.6 Å². The molecule has 0 aliphatic rings. The van der Waals surface area contributed by atoms with E-state index >= 15 is 0 Å². The van der Waals surface area contributed by atoms with Crippen molar-refractivity contribution in [2.45, 2.75) is 31.1 Å². The molecule has 0 bridgehead atoms. The lowest BCUT2D eigenvalue weighted by Crippen LogP contribution is -2.25. The van der Waals surface area contributed by atoms with Crippen molar-refractivity contribution in [1.82, 2.24) is 0 Å².